The van der Waals surface area contributed by atoms with Crippen LogP contribution in [-0.4, -0.2) is 29.9 Å². The maximum atomic E-state index is 13.2. The zero-order valence-corrected chi connectivity index (χ0v) is 19.5. The van der Waals surface area contributed by atoms with Crippen molar-refractivity contribution in [2.75, 3.05) is 12.8 Å². The number of ether oxygens (including phenoxy) is 1. The van der Waals surface area contributed by atoms with Crippen LogP contribution in [0.25, 0.3) is 10.8 Å². The lowest BCUT2D eigenvalue weighted by Gasteiger charge is -2.20. The summed E-state index contributed by atoms with van der Waals surface area (Å²) in [5, 5.41) is 7.98. The summed E-state index contributed by atoms with van der Waals surface area (Å²) in [5.41, 5.74) is 8.20. The van der Waals surface area contributed by atoms with Gasteiger partial charge < -0.3 is 21.1 Å². The first-order valence-electron chi connectivity index (χ1n) is 11.4. The third-order valence-corrected chi connectivity index (χ3v) is 5.81. The molecule has 1 unspecified atom stereocenters. The number of methoxy groups -OCH3 is 1. The Morgan fingerprint density at radius 1 is 0.943 bits per heavy atom. The topological polar surface area (TPSA) is 106 Å². The fraction of sp³-hybridized carbons (Fsp3) is 0.179. The third kappa shape index (κ3) is 6.14. The van der Waals surface area contributed by atoms with E-state index in [1.54, 1.807) is 19.4 Å². The molecule has 178 valence electrons. The smallest absolute Gasteiger partial charge is 0.243 e. The average molecular weight is 469 g/mol. The Kier molecular flexibility index (Phi) is 7.57. The number of amides is 2. The second kappa shape index (κ2) is 11.2. The molecule has 0 saturated carbocycles. The molecule has 4 rings (SSSR count). The summed E-state index contributed by atoms with van der Waals surface area (Å²) in [6.45, 7) is 0.278. The minimum absolute atomic E-state index is 0.102. The number of carbonyl (C=O) groups is 2. The van der Waals surface area contributed by atoms with Gasteiger partial charge in [0.25, 0.3) is 0 Å². The van der Waals surface area contributed by atoms with Crippen molar-refractivity contribution in [2.24, 2.45) is 0 Å². The Morgan fingerprint density at radius 3 is 2.49 bits per heavy atom. The predicted molar refractivity (Wildman–Crippen MR) is 137 cm³/mol. The van der Waals surface area contributed by atoms with E-state index < -0.39 is 6.04 Å². The van der Waals surface area contributed by atoms with Crippen molar-refractivity contribution in [1.82, 2.24) is 15.6 Å². The Bertz CT molecular complexity index is 1320. The second-order valence-electron chi connectivity index (χ2n) is 8.26. The molecule has 4 aromatic rings. The van der Waals surface area contributed by atoms with Crippen LogP contribution in [0.5, 0.6) is 5.75 Å². The number of nitrogens with two attached hydrogens (primary N) is 1. The van der Waals surface area contributed by atoms with E-state index in [1.165, 1.54) is 0 Å². The largest absolute Gasteiger partial charge is 0.496 e. The normalized spacial score (nSPS) is 11.6. The molecule has 0 aliphatic carbocycles. The van der Waals surface area contributed by atoms with Crippen molar-refractivity contribution >= 4 is 28.4 Å². The number of carbonyl (C=O) groups excluding carboxylic acids is 2. The van der Waals surface area contributed by atoms with Crippen molar-refractivity contribution in [2.45, 2.75) is 25.4 Å². The molecule has 3 aromatic carbocycles. The van der Waals surface area contributed by atoms with Crippen LogP contribution in [0.4, 0.5) is 5.82 Å². The van der Waals surface area contributed by atoms with Gasteiger partial charge in [-0.2, -0.15) is 0 Å². The molecule has 0 fully saturated rings. The van der Waals surface area contributed by atoms with Crippen LogP contribution in [-0.2, 0) is 29.0 Å². The number of nitrogens with zero attached hydrogens (tertiary/aromatic N) is 1. The fourth-order valence-electron chi connectivity index (χ4n) is 4.02. The summed E-state index contributed by atoms with van der Waals surface area (Å²) in [4.78, 5) is 30.3. The fourth-order valence-corrected chi connectivity index (χ4v) is 4.02. The molecule has 1 heterocycles. The van der Waals surface area contributed by atoms with Gasteiger partial charge in [-0.25, -0.2) is 4.98 Å². The van der Waals surface area contributed by atoms with Gasteiger partial charge in [-0.15, -0.1) is 0 Å². The van der Waals surface area contributed by atoms with E-state index in [-0.39, 0.29) is 24.8 Å². The van der Waals surface area contributed by atoms with Gasteiger partial charge in [-0.05, 0) is 34.0 Å². The monoisotopic (exact) mass is 468 g/mol. The number of aromatic nitrogens is 1. The summed E-state index contributed by atoms with van der Waals surface area (Å²) in [6.07, 6.45) is 2.08. The number of pyridine rings is 1. The van der Waals surface area contributed by atoms with E-state index >= 15 is 0 Å². The number of nitrogens with one attached hydrogen (secondary N) is 2. The molecular weight excluding hydrogens is 440 g/mol. The first-order chi connectivity index (χ1) is 17.0. The van der Waals surface area contributed by atoms with Gasteiger partial charge in [-0.1, -0.05) is 66.7 Å². The molecule has 7 nitrogen and oxygen atoms in total. The molecule has 0 saturated heterocycles. The maximum Gasteiger partial charge on any atom is 0.243 e. The van der Waals surface area contributed by atoms with Crippen LogP contribution in [0.1, 0.15) is 16.7 Å². The molecule has 0 aliphatic rings. The number of para-hydroxylation sites is 1. The van der Waals surface area contributed by atoms with Crippen molar-refractivity contribution < 1.29 is 14.3 Å². The van der Waals surface area contributed by atoms with Crippen LogP contribution < -0.4 is 21.1 Å². The Labute approximate surface area is 204 Å². The lowest BCUT2D eigenvalue weighted by atomic mass is 9.98. The average Bonchev–Trinajstić information content (AvgIpc) is 2.88. The molecular formula is C28H28N4O3. The first kappa shape index (κ1) is 23.8. The summed E-state index contributed by atoms with van der Waals surface area (Å²) in [6, 6.07) is 24.1. The Morgan fingerprint density at radius 2 is 1.69 bits per heavy atom. The van der Waals surface area contributed by atoms with E-state index in [0.717, 1.165) is 27.5 Å². The summed E-state index contributed by atoms with van der Waals surface area (Å²) in [7, 11) is 1.57. The van der Waals surface area contributed by atoms with Gasteiger partial charge in [0.2, 0.25) is 11.8 Å². The number of benzene rings is 3. The Hall–Kier alpha value is -4.39. The second-order valence-corrected chi connectivity index (χ2v) is 8.26. The number of hydrogen-bond donors (Lipinski definition) is 3. The lowest BCUT2D eigenvalue weighted by Crippen LogP contribution is -2.48. The number of nitrogen functional groups attached to an aromatic ring is 1. The number of anilines is 1. The zero-order chi connectivity index (χ0) is 24.6. The van der Waals surface area contributed by atoms with Gasteiger partial charge >= 0.3 is 0 Å². The maximum absolute atomic E-state index is 13.2. The molecule has 0 radical (unpaired) electrons. The van der Waals surface area contributed by atoms with Crippen LogP contribution >= 0.6 is 0 Å². The quantitative estimate of drug-likeness (QED) is 0.349. The van der Waals surface area contributed by atoms with Crippen molar-refractivity contribution in [3.8, 4) is 5.75 Å². The van der Waals surface area contributed by atoms with Crippen molar-refractivity contribution in [1.29, 1.82) is 0 Å². The van der Waals surface area contributed by atoms with Crippen molar-refractivity contribution in [3.63, 3.8) is 0 Å². The molecule has 4 N–H and O–H groups in total. The first-order valence-corrected chi connectivity index (χ1v) is 11.4. The van der Waals surface area contributed by atoms with Crippen molar-refractivity contribution in [3.05, 3.63) is 102 Å². The summed E-state index contributed by atoms with van der Waals surface area (Å²) in [5.74, 6) is 0.512. The third-order valence-electron chi connectivity index (χ3n) is 5.81. The number of fused-ring (bicyclic) bond motifs is 1. The number of hydrogen-bond acceptors (Lipinski definition) is 5. The van der Waals surface area contributed by atoms with Gasteiger partial charge in [0, 0.05) is 24.7 Å². The molecule has 1 atom stereocenters. The van der Waals surface area contributed by atoms with Crippen LogP contribution in [0.3, 0.4) is 0 Å². The standard InChI is InChI=1S/C28H28N4O3/c1-35-25-12-5-3-8-22(25)16-27(33)32-24(28(34)31-18-19-13-14-26(29)30-17-19)15-21-10-6-9-20-7-2-4-11-23(20)21/h2-14,17,24H,15-16,18H2,1H3,(H2,29,30)(H,31,34)(H,32,33). The van der Waals surface area contributed by atoms with E-state index in [1.807, 2.05) is 72.8 Å². The minimum atomic E-state index is -0.759. The molecule has 2 amide bonds. The predicted octanol–water partition coefficient (Wildman–Crippen LogP) is 3.41. The van der Waals surface area contributed by atoms with E-state index in [2.05, 4.69) is 15.6 Å². The van der Waals surface area contributed by atoms with E-state index in [9.17, 15) is 9.59 Å². The highest BCUT2D eigenvalue weighted by atomic mass is 16.5. The minimum Gasteiger partial charge on any atom is -0.496 e. The van der Waals surface area contributed by atoms with E-state index in [0.29, 0.717) is 18.0 Å². The molecule has 1 aromatic heterocycles. The highest BCUT2D eigenvalue weighted by Crippen LogP contribution is 2.21. The number of rotatable bonds is 9. The van der Waals surface area contributed by atoms with Crippen LogP contribution in [0.2, 0.25) is 0 Å². The van der Waals surface area contributed by atoms with Crippen LogP contribution in [0.15, 0.2) is 85.1 Å². The molecule has 0 bridgehead atoms. The molecule has 7 heteroatoms. The highest BCUT2D eigenvalue weighted by molar-refractivity contribution is 5.90. The van der Waals surface area contributed by atoms with Crippen LogP contribution in [0, 0.1) is 0 Å². The molecule has 0 aliphatic heterocycles. The zero-order valence-electron chi connectivity index (χ0n) is 19.5. The SMILES string of the molecule is COc1ccccc1CC(=O)NC(Cc1cccc2ccccc12)C(=O)NCc1ccc(N)nc1. The molecule has 35 heavy (non-hydrogen) atoms. The van der Waals surface area contributed by atoms with Gasteiger partial charge in [0.05, 0.1) is 13.5 Å². The van der Waals surface area contributed by atoms with Gasteiger partial charge in [0.15, 0.2) is 0 Å². The highest BCUT2D eigenvalue weighted by Gasteiger charge is 2.22. The lowest BCUT2D eigenvalue weighted by molar-refractivity contribution is -0.128. The Balaban J connectivity index is 1.53. The summed E-state index contributed by atoms with van der Waals surface area (Å²) >= 11 is 0. The van der Waals surface area contributed by atoms with Gasteiger partial charge in [-0.3, -0.25) is 9.59 Å². The molecule has 0 spiro atoms. The summed E-state index contributed by atoms with van der Waals surface area (Å²) < 4.78 is 5.36. The van der Waals surface area contributed by atoms with Gasteiger partial charge in [0.1, 0.15) is 17.6 Å². The van der Waals surface area contributed by atoms with E-state index in [4.69, 9.17) is 10.5 Å².